The molecule has 0 aliphatic heterocycles. The van der Waals surface area contributed by atoms with Crippen molar-refractivity contribution >= 4 is 5.97 Å². The van der Waals surface area contributed by atoms with Crippen LogP contribution >= 0.6 is 0 Å². The highest BCUT2D eigenvalue weighted by atomic mass is 16.5. The average molecular weight is 293 g/mol. The molecule has 0 spiro atoms. The lowest BCUT2D eigenvalue weighted by Crippen LogP contribution is -2.28. The summed E-state index contributed by atoms with van der Waals surface area (Å²) >= 11 is 0. The van der Waals surface area contributed by atoms with Gasteiger partial charge in [0.1, 0.15) is 5.75 Å². The number of methoxy groups -OCH3 is 1. The van der Waals surface area contributed by atoms with E-state index in [1.54, 1.807) is 14.0 Å². The van der Waals surface area contributed by atoms with E-state index in [2.05, 4.69) is 24.4 Å². The van der Waals surface area contributed by atoms with Crippen LogP contribution in [-0.4, -0.2) is 30.8 Å². The van der Waals surface area contributed by atoms with Gasteiger partial charge in [-0.15, -0.1) is 0 Å². The van der Waals surface area contributed by atoms with E-state index in [4.69, 9.17) is 9.84 Å². The third-order valence-electron chi connectivity index (χ3n) is 3.76. The van der Waals surface area contributed by atoms with Crippen molar-refractivity contribution in [3.63, 3.8) is 0 Å². The standard InChI is InChI=1S/C17H27NO3/c1-13(17(19)20)5-4-6-14(2)18-12-11-15-7-9-16(21-3)10-8-15/h7-10,13-14,18H,4-6,11-12H2,1-3H3,(H,19,20). The molecular formula is C17H27NO3. The predicted molar refractivity (Wildman–Crippen MR) is 84.8 cm³/mol. The molecule has 4 nitrogen and oxygen atoms in total. The highest BCUT2D eigenvalue weighted by Gasteiger charge is 2.10. The Morgan fingerprint density at radius 3 is 2.48 bits per heavy atom. The van der Waals surface area contributed by atoms with E-state index in [1.807, 2.05) is 12.1 Å². The van der Waals surface area contributed by atoms with Crippen molar-refractivity contribution in [2.75, 3.05) is 13.7 Å². The van der Waals surface area contributed by atoms with Crippen molar-refractivity contribution in [2.24, 2.45) is 5.92 Å². The van der Waals surface area contributed by atoms with Crippen LogP contribution in [0.1, 0.15) is 38.7 Å². The molecule has 1 aromatic rings. The number of benzene rings is 1. The van der Waals surface area contributed by atoms with Crippen LogP contribution in [0.5, 0.6) is 5.75 Å². The van der Waals surface area contributed by atoms with Crippen LogP contribution in [0.3, 0.4) is 0 Å². The zero-order valence-electron chi connectivity index (χ0n) is 13.3. The lowest BCUT2D eigenvalue weighted by atomic mass is 10.0. The van der Waals surface area contributed by atoms with Crippen LogP contribution in [0.4, 0.5) is 0 Å². The molecule has 4 heteroatoms. The molecule has 21 heavy (non-hydrogen) atoms. The Morgan fingerprint density at radius 1 is 1.24 bits per heavy atom. The highest BCUT2D eigenvalue weighted by molar-refractivity contribution is 5.69. The minimum Gasteiger partial charge on any atom is -0.497 e. The molecule has 2 unspecified atom stereocenters. The first-order valence-electron chi connectivity index (χ1n) is 7.62. The molecule has 0 aliphatic carbocycles. The van der Waals surface area contributed by atoms with Gasteiger partial charge in [-0.25, -0.2) is 0 Å². The number of carbonyl (C=O) groups is 1. The summed E-state index contributed by atoms with van der Waals surface area (Å²) in [6.45, 7) is 4.85. The molecule has 1 rings (SSSR count). The summed E-state index contributed by atoms with van der Waals surface area (Å²) in [6, 6.07) is 8.54. The first-order chi connectivity index (χ1) is 10.0. The molecule has 0 heterocycles. The molecule has 0 saturated heterocycles. The van der Waals surface area contributed by atoms with Crippen molar-refractivity contribution in [3.05, 3.63) is 29.8 Å². The third-order valence-corrected chi connectivity index (χ3v) is 3.76. The normalized spacial score (nSPS) is 13.7. The second-order valence-electron chi connectivity index (χ2n) is 5.62. The summed E-state index contributed by atoms with van der Waals surface area (Å²) in [5, 5.41) is 12.3. The van der Waals surface area contributed by atoms with Gasteiger partial charge in [0.2, 0.25) is 0 Å². The smallest absolute Gasteiger partial charge is 0.306 e. The molecule has 2 N–H and O–H groups in total. The number of rotatable bonds is 10. The minimum absolute atomic E-state index is 0.239. The van der Waals surface area contributed by atoms with E-state index >= 15 is 0 Å². The van der Waals surface area contributed by atoms with Gasteiger partial charge in [0.15, 0.2) is 0 Å². The highest BCUT2D eigenvalue weighted by Crippen LogP contribution is 2.12. The topological polar surface area (TPSA) is 58.6 Å². The largest absolute Gasteiger partial charge is 0.497 e. The third kappa shape index (κ3) is 7.14. The maximum absolute atomic E-state index is 10.7. The Labute approximate surface area is 127 Å². The van der Waals surface area contributed by atoms with Crippen LogP contribution in [-0.2, 0) is 11.2 Å². The molecule has 118 valence electrons. The Hall–Kier alpha value is -1.55. The quantitative estimate of drug-likeness (QED) is 0.696. The van der Waals surface area contributed by atoms with Gasteiger partial charge in [-0.2, -0.15) is 0 Å². The second-order valence-corrected chi connectivity index (χ2v) is 5.62. The number of carboxylic acid groups (broad SMARTS) is 1. The summed E-state index contributed by atoms with van der Waals surface area (Å²) in [6.07, 6.45) is 3.70. The van der Waals surface area contributed by atoms with E-state index in [1.165, 1.54) is 5.56 Å². The van der Waals surface area contributed by atoms with Crippen LogP contribution in [0, 0.1) is 5.92 Å². The van der Waals surface area contributed by atoms with Crippen LogP contribution in [0.2, 0.25) is 0 Å². The minimum atomic E-state index is -0.699. The molecule has 0 saturated carbocycles. The fourth-order valence-corrected chi connectivity index (χ4v) is 2.21. The summed E-state index contributed by atoms with van der Waals surface area (Å²) in [5.74, 6) is -0.0563. The number of hydrogen-bond acceptors (Lipinski definition) is 3. The SMILES string of the molecule is COc1ccc(CCNC(C)CCCC(C)C(=O)O)cc1. The first-order valence-corrected chi connectivity index (χ1v) is 7.62. The number of ether oxygens (including phenoxy) is 1. The number of hydrogen-bond donors (Lipinski definition) is 2. The van der Waals surface area contributed by atoms with Gasteiger partial charge in [0.05, 0.1) is 13.0 Å². The van der Waals surface area contributed by atoms with Crippen molar-refractivity contribution in [2.45, 2.75) is 45.6 Å². The van der Waals surface area contributed by atoms with Gasteiger partial charge in [-0.1, -0.05) is 25.5 Å². The first kappa shape index (κ1) is 17.5. The van der Waals surface area contributed by atoms with Crippen molar-refractivity contribution < 1.29 is 14.6 Å². The average Bonchev–Trinajstić information content (AvgIpc) is 2.47. The molecule has 0 aromatic heterocycles. The van der Waals surface area contributed by atoms with Crippen LogP contribution < -0.4 is 10.1 Å². The molecule has 0 fully saturated rings. The zero-order chi connectivity index (χ0) is 15.7. The molecule has 0 bridgehead atoms. The van der Waals surface area contributed by atoms with E-state index < -0.39 is 5.97 Å². The van der Waals surface area contributed by atoms with E-state index in [-0.39, 0.29) is 5.92 Å². The lowest BCUT2D eigenvalue weighted by Gasteiger charge is -2.14. The van der Waals surface area contributed by atoms with Gasteiger partial charge < -0.3 is 15.2 Å². The van der Waals surface area contributed by atoms with E-state index in [0.29, 0.717) is 6.04 Å². The number of nitrogens with one attached hydrogen (secondary N) is 1. The van der Waals surface area contributed by atoms with Gasteiger partial charge in [-0.3, -0.25) is 4.79 Å². The Kier molecular flexibility index (Phi) is 7.83. The zero-order valence-corrected chi connectivity index (χ0v) is 13.3. The van der Waals surface area contributed by atoms with E-state index in [0.717, 1.165) is 38.0 Å². The Morgan fingerprint density at radius 2 is 1.90 bits per heavy atom. The molecule has 1 aromatic carbocycles. The van der Waals surface area contributed by atoms with Gasteiger partial charge >= 0.3 is 5.97 Å². The molecule has 2 atom stereocenters. The molecule has 0 amide bonds. The monoisotopic (exact) mass is 293 g/mol. The lowest BCUT2D eigenvalue weighted by molar-refractivity contribution is -0.141. The molecule has 0 aliphatic rings. The van der Waals surface area contributed by atoms with Crippen molar-refractivity contribution in [1.82, 2.24) is 5.32 Å². The van der Waals surface area contributed by atoms with Crippen molar-refractivity contribution in [1.29, 1.82) is 0 Å². The fraction of sp³-hybridized carbons (Fsp3) is 0.588. The fourth-order valence-electron chi connectivity index (χ4n) is 2.21. The summed E-state index contributed by atoms with van der Waals surface area (Å²) in [7, 11) is 1.67. The maximum atomic E-state index is 10.7. The number of carboxylic acids is 1. The molecule has 0 radical (unpaired) electrons. The van der Waals surface area contributed by atoms with Gasteiger partial charge in [0.25, 0.3) is 0 Å². The summed E-state index contributed by atoms with van der Waals surface area (Å²) in [5.41, 5.74) is 1.29. The van der Waals surface area contributed by atoms with Gasteiger partial charge in [0, 0.05) is 6.04 Å². The van der Waals surface area contributed by atoms with E-state index in [9.17, 15) is 4.79 Å². The maximum Gasteiger partial charge on any atom is 0.306 e. The van der Waals surface area contributed by atoms with Gasteiger partial charge in [-0.05, 0) is 50.4 Å². The Balaban J connectivity index is 2.15. The van der Waals surface area contributed by atoms with Crippen LogP contribution in [0.25, 0.3) is 0 Å². The summed E-state index contributed by atoms with van der Waals surface area (Å²) in [4.78, 5) is 10.7. The summed E-state index contributed by atoms with van der Waals surface area (Å²) < 4.78 is 5.13. The predicted octanol–water partition coefficient (Wildman–Crippen LogP) is 3.11. The van der Waals surface area contributed by atoms with Crippen LogP contribution in [0.15, 0.2) is 24.3 Å². The second kappa shape index (κ2) is 9.40. The van der Waals surface area contributed by atoms with Crippen molar-refractivity contribution in [3.8, 4) is 5.75 Å². The number of aliphatic carboxylic acids is 1. The molecular weight excluding hydrogens is 266 g/mol. The Bertz CT molecular complexity index is 417.